The molecule has 23 heteroatoms. The van der Waals surface area contributed by atoms with Crippen LogP contribution in [0.4, 0.5) is 83.4 Å². The summed E-state index contributed by atoms with van der Waals surface area (Å²) in [5.41, 5.74) is 0. The first-order chi connectivity index (χ1) is 14.5. The number of alkyl halides is 19. The van der Waals surface area contributed by atoms with E-state index in [1.807, 2.05) is 0 Å². The van der Waals surface area contributed by atoms with Crippen LogP contribution < -0.4 is 0 Å². The Morgan fingerprint density at radius 2 is 0.571 bits per heavy atom. The highest BCUT2D eigenvalue weighted by atomic mass is 32.2. The van der Waals surface area contributed by atoms with Crippen LogP contribution in [0.5, 0.6) is 0 Å². The Labute approximate surface area is 180 Å². The Balaban J connectivity index is 7.21. The van der Waals surface area contributed by atoms with Crippen LogP contribution in [0.3, 0.4) is 0 Å². The molecule has 3 nitrogen and oxygen atoms in total. The van der Waals surface area contributed by atoms with Gasteiger partial charge in [-0.1, -0.05) is 0 Å². The van der Waals surface area contributed by atoms with Gasteiger partial charge in [0.2, 0.25) is 0 Å². The molecule has 0 spiro atoms. The molecule has 0 aromatic heterocycles. The monoisotopic (exact) mass is 591 g/mol. The van der Waals surface area contributed by atoms with Crippen molar-refractivity contribution in [3.63, 3.8) is 0 Å². The van der Waals surface area contributed by atoms with Gasteiger partial charge in [0, 0.05) is 0 Å². The van der Waals surface area contributed by atoms with E-state index >= 15 is 0 Å². The maximum Gasteiger partial charge on any atom is 0.460 e. The summed E-state index contributed by atoms with van der Waals surface area (Å²) in [5, 5.41) is 0. The maximum absolute atomic E-state index is 13.8. The van der Waals surface area contributed by atoms with Crippen LogP contribution in [0.2, 0.25) is 0 Å². The average Bonchev–Trinajstić information content (AvgIpc) is 2.58. The minimum absolute atomic E-state index is 0.887. The molecule has 0 rings (SSSR count). The normalized spacial score (nSPS) is 17.1. The van der Waals surface area contributed by atoms with Crippen molar-refractivity contribution in [1.29, 1.82) is 0 Å². The fraction of sp³-hybridized carbons (Fsp3) is 1.00. The number of rotatable bonds is 9. The number of hydrogen-bond donors (Lipinski definition) is 0. The molecule has 0 saturated carbocycles. The van der Waals surface area contributed by atoms with Crippen molar-refractivity contribution < 1.29 is 96.4 Å². The minimum atomic E-state index is -9.12. The smallest absolute Gasteiger partial charge is 0.460 e. The van der Waals surface area contributed by atoms with Gasteiger partial charge in [-0.3, -0.25) is 0 Å². The zero-order chi connectivity index (χ0) is 29.5. The largest absolute Gasteiger partial charge is 0.747 e. The van der Waals surface area contributed by atoms with Crippen LogP contribution in [0.25, 0.3) is 0 Å². The van der Waals surface area contributed by atoms with Gasteiger partial charge in [0.15, 0.2) is 0 Å². The summed E-state index contributed by atoms with van der Waals surface area (Å²) < 4.78 is 276. The molecule has 0 atom stereocenters. The highest BCUT2D eigenvalue weighted by Crippen LogP contribution is 2.66. The van der Waals surface area contributed by atoms with Gasteiger partial charge in [0.05, 0.1) is 0 Å². The Morgan fingerprint density at radius 1 is 0.400 bits per heavy atom. The molecule has 0 aliphatic rings. The molecule has 0 aliphatic heterocycles. The van der Waals surface area contributed by atoms with E-state index in [2.05, 4.69) is 0 Å². The quantitative estimate of drug-likeness (QED) is 0.246. The van der Waals surface area contributed by atoms with Gasteiger partial charge in [-0.05, 0) is 13.8 Å². The molecule has 0 aromatic rings. The highest BCUT2D eigenvalue weighted by Gasteiger charge is 2.97. The molecule has 35 heavy (non-hydrogen) atoms. The Hall–Kier alpha value is -1.42. The van der Waals surface area contributed by atoms with Crippen molar-refractivity contribution in [3.8, 4) is 0 Å². The third-order valence-corrected chi connectivity index (χ3v) is 6.00. The number of halogens is 19. The Bertz CT molecular complexity index is 914. The van der Waals surface area contributed by atoms with Gasteiger partial charge in [0.1, 0.15) is 14.9 Å². The summed E-state index contributed by atoms with van der Waals surface area (Å²) in [7, 11) is -7.01. The molecule has 0 radical (unpaired) electrons. The predicted octanol–water partition coefficient (Wildman–Crippen LogP) is 5.95. The third-order valence-electron chi connectivity index (χ3n) is 4.50. The Kier molecular flexibility index (Phi) is 7.47. The third kappa shape index (κ3) is 3.88. The van der Waals surface area contributed by atoms with Gasteiger partial charge >= 0.3 is 53.6 Å². The lowest BCUT2D eigenvalue weighted by atomic mass is 9.85. The summed E-state index contributed by atoms with van der Waals surface area (Å²) in [5.74, 6) is -69.2. The van der Waals surface area contributed by atoms with Gasteiger partial charge in [-0.25, -0.2) is 8.42 Å². The molecule has 0 fully saturated rings. The second-order valence-electron chi connectivity index (χ2n) is 7.06. The van der Waals surface area contributed by atoms with Crippen molar-refractivity contribution >= 4 is 10.1 Å². The first-order valence-corrected chi connectivity index (χ1v) is 8.95. The van der Waals surface area contributed by atoms with Crippen molar-refractivity contribution in [1.82, 2.24) is 0 Å². The first-order valence-electron chi connectivity index (χ1n) is 7.54. The molecule has 0 heterocycles. The molecule has 0 bridgehead atoms. The van der Waals surface area contributed by atoms with Crippen LogP contribution in [-0.4, -0.2) is 71.3 Å². The van der Waals surface area contributed by atoms with Crippen LogP contribution in [-0.2, 0) is 10.1 Å². The zero-order valence-corrected chi connectivity index (χ0v) is 16.6. The summed E-state index contributed by atoms with van der Waals surface area (Å²) in [6.45, 7) is -1.77. The van der Waals surface area contributed by atoms with Crippen molar-refractivity contribution in [2.24, 2.45) is 0 Å². The van der Waals surface area contributed by atoms with E-state index in [0.717, 1.165) is 0 Å². The lowest BCUT2D eigenvalue weighted by Crippen LogP contribution is -2.77. The van der Waals surface area contributed by atoms with E-state index in [0.29, 0.717) is 0 Å². The molecule has 0 N–H and O–H groups in total. The highest BCUT2D eigenvalue weighted by molar-refractivity contribution is 7.87. The first kappa shape index (κ1) is 33.6. The SMILES string of the molecule is CC(C)(C(F)(F)C(F)(F)C(F)(F)C(F)(F)C(F)(F)C(F)(F)C(F)(F)C(F)(F)C(F)(F)F)S(=O)(=O)[O-]. The maximum atomic E-state index is 13.8. The number of hydrogen-bond acceptors (Lipinski definition) is 3. The molecule has 0 amide bonds. The molecular weight excluding hydrogens is 585 g/mol. The average molecular weight is 591 g/mol. The molecule has 0 aliphatic carbocycles. The van der Waals surface area contributed by atoms with Gasteiger partial charge in [0.25, 0.3) is 0 Å². The zero-order valence-electron chi connectivity index (χ0n) is 15.8. The fourth-order valence-corrected chi connectivity index (χ4v) is 2.34. The van der Waals surface area contributed by atoms with Gasteiger partial charge in [-0.15, -0.1) is 0 Å². The summed E-state index contributed by atoms with van der Waals surface area (Å²) in [6.07, 6.45) is -7.99. The van der Waals surface area contributed by atoms with E-state index in [1.54, 1.807) is 0 Å². The van der Waals surface area contributed by atoms with E-state index in [9.17, 15) is 96.4 Å². The minimum Gasteiger partial charge on any atom is -0.747 e. The van der Waals surface area contributed by atoms with Crippen molar-refractivity contribution in [3.05, 3.63) is 0 Å². The standard InChI is InChI=1S/C12H7F19O3S/c1-3(2,35(32,33)34)4(13,14)5(15,16)6(17,18)7(19,20)8(21,22)9(23,24)10(25,26)11(27,28)12(29,30)31/h1-2H3,(H,32,33,34)/p-1. The molecular formula is C12H6F19O3S-. The molecule has 0 saturated heterocycles. The second-order valence-corrected chi connectivity index (χ2v) is 8.99. The predicted molar refractivity (Wildman–Crippen MR) is 69.4 cm³/mol. The summed E-state index contributed by atoms with van der Waals surface area (Å²) >= 11 is 0. The van der Waals surface area contributed by atoms with Crippen LogP contribution in [0.1, 0.15) is 13.8 Å². The molecule has 212 valence electrons. The van der Waals surface area contributed by atoms with E-state index < -0.39 is 82.3 Å². The van der Waals surface area contributed by atoms with E-state index in [4.69, 9.17) is 0 Å². The van der Waals surface area contributed by atoms with Crippen molar-refractivity contribution in [2.75, 3.05) is 0 Å². The molecule has 0 unspecified atom stereocenters. The molecule has 0 aromatic carbocycles. The van der Waals surface area contributed by atoms with Crippen LogP contribution in [0.15, 0.2) is 0 Å². The van der Waals surface area contributed by atoms with E-state index in [1.165, 1.54) is 0 Å². The summed E-state index contributed by atoms with van der Waals surface area (Å²) in [4.78, 5) is 0. The van der Waals surface area contributed by atoms with E-state index in [-0.39, 0.29) is 0 Å². The van der Waals surface area contributed by atoms with Gasteiger partial charge in [-0.2, -0.15) is 83.4 Å². The fourth-order valence-electron chi connectivity index (χ4n) is 1.90. The van der Waals surface area contributed by atoms with Crippen molar-refractivity contribution in [2.45, 2.75) is 72.2 Å². The van der Waals surface area contributed by atoms with Gasteiger partial charge < -0.3 is 4.55 Å². The summed E-state index contributed by atoms with van der Waals surface area (Å²) in [6, 6.07) is 0. The lowest BCUT2D eigenvalue weighted by Gasteiger charge is -2.46. The van der Waals surface area contributed by atoms with Crippen LogP contribution >= 0.6 is 0 Å². The second kappa shape index (κ2) is 7.79. The lowest BCUT2D eigenvalue weighted by molar-refractivity contribution is -0.469. The Morgan fingerprint density at radius 3 is 0.743 bits per heavy atom. The van der Waals surface area contributed by atoms with Crippen LogP contribution in [0, 0.1) is 0 Å². The topological polar surface area (TPSA) is 57.2 Å².